The van der Waals surface area contributed by atoms with Crippen LogP contribution < -0.4 is 0 Å². The van der Waals surface area contributed by atoms with E-state index in [4.69, 9.17) is 0 Å². The summed E-state index contributed by atoms with van der Waals surface area (Å²) >= 11 is 1.64. The molecule has 7 nitrogen and oxygen atoms in total. The lowest BCUT2D eigenvalue weighted by atomic mass is 9.74. The van der Waals surface area contributed by atoms with Crippen molar-refractivity contribution in [3.8, 4) is 0 Å². The van der Waals surface area contributed by atoms with E-state index in [1.807, 2.05) is 46.2 Å². The number of carbonyl (C=O) groups is 3. The number of amides is 3. The van der Waals surface area contributed by atoms with Gasteiger partial charge < -0.3 is 19.8 Å². The highest BCUT2D eigenvalue weighted by atomic mass is 32.2. The van der Waals surface area contributed by atoms with Crippen LogP contribution in [0.15, 0.2) is 54.6 Å². The van der Waals surface area contributed by atoms with E-state index >= 15 is 0 Å². The Labute approximate surface area is 229 Å². The number of rotatable bonds is 9. The Morgan fingerprint density at radius 3 is 2.37 bits per heavy atom. The number of aliphatic hydroxyl groups excluding tert-OH is 1. The maximum atomic E-state index is 14.4. The van der Waals surface area contributed by atoms with Gasteiger partial charge in [0.05, 0.1) is 16.6 Å². The van der Waals surface area contributed by atoms with Crippen LogP contribution >= 0.6 is 11.8 Å². The third kappa shape index (κ3) is 4.49. The first-order valence-electron chi connectivity index (χ1n) is 13.9. The summed E-state index contributed by atoms with van der Waals surface area (Å²) in [5, 5.41) is 9.26. The highest BCUT2D eigenvalue weighted by molar-refractivity contribution is 8.02. The maximum absolute atomic E-state index is 14.4. The van der Waals surface area contributed by atoms with E-state index in [1.54, 1.807) is 16.7 Å². The standard InChI is InChI=1S/C30H39N3O4S/c1-3-16-31-17-10-14-29(2)23(26(31)35)24-27(36)33(19-8-5-9-20-34)25-28(37)32(18-11-15-30(24,25)38-29)21-22-12-6-4-7-13-22/h4,6-7,10-15,23-25,34H,3,5,8-9,16-21H2,1-2H3/t23-,24+,25?,29+,30+/m1/s1. The Morgan fingerprint density at radius 1 is 0.895 bits per heavy atom. The third-order valence-electron chi connectivity index (χ3n) is 8.49. The minimum Gasteiger partial charge on any atom is -0.396 e. The summed E-state index contributed by atoms with van der Waals surface area (Å²) in [5.74, 6) is -1.22. The van der Waals surface area contributed by atoms with E-state index in [0.29, 0.717) is 45.6 Å². The van der Waals surface area contributed by atoms with Crippen molar-refractivity contribution in [1.82, 2.24) is 14.7 Å². The number of nitrogens with zero attached hydrogens (tertiary/aromatic N) is 3. The smallest absolute Gasteiger partial charge is 0.247 e. The molecule has 38 heavy (non-hydrogen) atoms. The summed E-state index contributed by atoms with van der Waals surface area (Å²) in [7, 11) is 0. The van der Waals surface area contributed by atoms with Crippen LogP contribution in [0.25, 0.3) is 0 Å². The molecule has 1 spiro atoms. The molecule has 3 amide bonds. The van der Waals surface area contributed by atoms with E-state index in [2.05, 4.69) is 32.1 Å². The second-order valence-electron chi connectivity index (χ2n) is 11.1. The molecular formula is C30H39N3O4S. The number of aliphatic hydroxyl groups is 1. The van der Waals surface area contributed by atoms with Gasteiger partial charge in [-0.25, -0.2) is 0 Å². The fourth-order valence-corrected chi connectivity index (χ4v) is 9.00. The lowest BCUT2D eigenvalue weighted by molar-refractivity contribution is -0.145. The van der Waals surface area contributed by atoms with Crippen LogP contribution in [0.1, 0.15) is 45.1 Å². The molecule has 5 atom stereocenters. The highest BCUT2D eigenvalue weighted by Crippen LogP contribution is 2.65. The van der Waals surface area contributed by atoms with E-state index in [9.17, 15) is 19.5 Å². The Balaban J connectivity index is 1.55. The van der Waals surface area contributed by atoms with Gasteiger partial charge in [-0.05, 0) is 38.2 Å². The molecule has 5 rings (SSSR count). The van der Waals surface area contributed by atoms with E-state index < -0.39 is 27.4 Å². The number of thioether (sulfide) groups is 1. The largest absolute Gasteiger partial charge is 0.396 e. The van der Waals surface area contributed by atoms with Crippen LogP contribution in [0.2, 0.25) is 0 Å². The number of likely N-dealkylation sites (tertiary alicyclic amines) is 1. The topological polar surface area (TPSA) is 81.2 Å². The van der Waals surface area contributed by atoms with Crippen molar-refractivity contribution < 1.29 is 19.5 Å². The van der Waals surface area contributed by atoms with Crippen LogP contribution in [0.4, 0.5) is 0 Å². The molecule has 4 heterocycles. The fraction of sp³-hybridized carbons (Fsp3) is 0.567. The Hall–Kier alpha value is -2.58. The quantitative estimate of drug-likeness (QED) is 0.386. The summed E-state index contributed by atoms with van der Waals surface area (Å²) < 4.78 is -1.37. The van der Waals surface area contributed by atoms with Crippen LogP contribution in [-0.2, 0) is 20.9 Å². The van der Waals surface area contributed by atoms with Gasteiger partial charge in [-0.15, -0.1) is 11.8 Å². The summed E-state index contributed by atoms with van der Waals surface area (Å²) in [4.78, 5) is 48.2. The molecule has 1 N–H and O–H groups in total. The van der Waals surface area contributed by atoms with E-state index in [1.165, 1.54) is 0 Å². The van der Waals surface area contributed by atoms with Crippen LogP contribution in [0.3, 0.4) is 0 Å². The zero-order valence-electron chi connectivity index (χ0n) is 22.4. The second-order valence-corrected chi connectivity index (χ2v) is 12.9. The normalized spacial score (nSPS) is 32.3. The van der Waals surface area contributed by atoms with Gasteiger partial charge in [0.25, 0.3) is 0 Å². The zero-order valence-corrected chi connectivity index (χ0v) is 23.2. The lowest BCUT2D eigenvalue weighted by Gasteiger charge is -2.37. The first kappa shape index (κ1) is 27.0. The van der Waals surface area contributed by atoms with Crippen molar-refractivity contribution >= 4 is 29.5 Å². The monoisotopic (exact) mass is 537 g/mol. The molecule has 204 valence electrons. The number of unbranched alkanes of at least 4 members (excludes halogenated alkanes) is 2. The Morgan fingerprint density at radius 2 is 1.63 bits per heavy atom. The molecule has 8 heteroatoms. The van der Waals surface area contributed by atoms with Crippen LogP contribution in [0.5, 0.6) is 0 Å². The average Bonchev–Trinajstić information content (AvgIpc) is 3.18. The van der Waals surface area contributed by atoms with Crippen molar-refractivity contribution in [2.75, 3.05) is 32.8 Å². The number of hydrogen-bond donors (Lipinski definition) is 1. The minimum absolute atomic E-state index is 0.0224. The maximum Gasteiger partial charge on any atom is 0.247 e. The minimum atomic E-state index is -0.800. The molecule has 1 unspecified atom stereocenters. The van der Waals surface area contributed by atoms with Crippen LogP contribution in [-0.4, -0.2) is 85.8 Å². The van der Waals surface area contributed by atoms with Gasteiger partial charge in [-0.1, -0.05) is 61.6 Å². The highest BCUT2D eigenvalue weighted by Gasteiger charge is 2.73. The van der Waals surface area contributed by atoms with E-state index in [-0.39, 0.29) is 24.3 Å². The number of hydrogen-bond acceptors (Lipinski definition) is 5. The van der Waals surface area contributed by atoms with Gasteiger partial charge in [0.2, 0.25) is 17.7 Å². The van der Waals surface area contributed by atoms with Crippen molar-refractivity contribution in [3.05, 3.63) is 60.2 Å². The van der Waals surface area contributed by atoms with Gasteiger partial charge in [0.15, 0.2) is 0 Å². The van der Waals surface area contributed by atoms with Crippen molar-refractivity contribution in [3.63, 3.8) is 0 Å². The molecule has 0 bridgehead atoms. The second kappa shape index (κ2) is 10.9. The Bertz CT molecular complexity index is 1120. The Kier molecular flexibility index (Phi) is 7.74. The SMILES string of the molecule is CCCN1CC=C[C@]2(C)S[C@]34C=CCN(Cc5ccccc5)C(=O)C3N(CCCCCO)C(=O)[C@@H]4[C@@H]2C1=O. The average molecular weight is 538 g/mol. The van der Waals surface area contributed by atoms with Crippen molar-refractivity contribution in [2.24, 2.45) is 11.8 Å². The fourth-order valence-electron chi connectivity index (χ4n) is 6.85. The van der Waals surface area contributed by atoms with E-state index in [0.717, 1.165) is 18.4 Å². The molecular weight excluding hydrogens is 498 g/mol. The molecule has 0 aliphatic carbocycles. The molecule has 4 aliphatic rings. The number of benzene rings is 1. The lowest BCUT2D eigenvalue weighted by Crippen LogP contribution is -2.53. The summed E-state index contributed by atoms with van der Waals surface area (Å²) in [6, 6.07) is 9.28. The van der Waals surface area contributed by atoms with Gasteiger partial charge in [0.1, 0.15) is 6.04 Å². The van der Waals surface area contributed by atoms with Gasteiger partial charge in [-0.2, -0.15) is 0 Å². The molecule has 2 saturated heterocycles. The van der Waals surface area contributed by atoms with Crippen LogP contribution in [0, 0.1) is 11.8 Å². The molecule has 2 fully saturated rings. The summed E-state index contributed by atoms with van der Waals surface area (Å²) in [6.07, 6.45) is 11.3. The zero-order chi connectivity index (χ0) is 26.9. The van der Waals surface area contributed by atoms with Crippen molar-refractivity contribution in [2.45, 2.75) is 61.6 Å². The van der Waals surface area contributed by atoms with Crippen molar-refractivity contribution in [1.29, 1.82) is 0 Å². The predicted octanol–water partition coefficient (Wildman–Crippen LogP) is 3.24. The van der Waals surface area contributed by atoms with Gasteiger partial charge >= 0.3 is 0 Å². The first-order valence-corrected chi connectivity index (χ1v) is 14.8. The number of fused-ring (bicyclic) bond motifs is 2. The summed E-state index contributed by atoms with van der Waals surface area (Å²) in [6.45, 7) is 6.85. The summed E-state index contributed by atoms with van der Waals surface area (Å²) in [5.41, 5.74) is 1.05. The molecule has 0 saturated carbocycles. The molecule has 1 aromatic carbocycles. The molecule has 1 aromatic rings. The van der Waals surface area contributed by atoms with Gasteiger partial charge in [0, 0.05) is 44.1 Å². The molecule has 0 aromatic heterocycles. The first-order chi connectivity index (χ1) is 18.4. The number of carbonyl (C=O) groups excluding carboxylic acids is 3. The molecule has 0 radical (unpaired) electrons. The molecule has 4 aliphatic heterocycles. The van der Waals surface area contributed by atoms with Gasteiger partial charge in [-0.3, -0.25) is 14.4 Å². The third-order valence-corrected chi connectivity index (χ3v) is 10.3. The predicted molar refractivity (Wildman–Crippen MR) is 149 cm³/mol.